The number of carbonyl (C=O) groups is 5. The van der Waals surface area contributed by atoms with E-state index < -0.39 is 47.2 Å². The number of rotatable bonds is 11. The number of aryl methyl sites for hydroxylation is 1. The zero-order chi connectivity index (χ0) is 37.2. The molecule has 0 aromatic heterocycles. The van der Waals surface area contributed by atoms with Gasteiger partial charge in [-0.25, -0.2) is 24.8 Å². The number of nitrogens with zero attached hydrogens (tertiary/aromatic N) is 1. The zero-order valence-corrected chi connectivity index (χ0v) is 29.9. The summed E-state index contributed by atoms with van der Waals surface area (Å²) in [7, 11) is 1.27. The molecule has 4 rings (SSSR count). The number of esters is 1. The molecule has 1 aliphatic carbocycles. The minimum atomic E-state index is -1.38. The monoisotopic (exact) mass is 702 g/mol. The smallest absolute Gasteiger partial charge is 0.426 e. The maximum Gasteiger partial charge on any atom is 0.426 e. The number of benzene rings is 3. The van der Waals surface area contributed by atoms with E-state index in [-0.39, 0.29) is 26.0 Å². The van der Waals surface area contributed by atoms with Crippen molar-refractivity contribution in [2.45, 2.75) is 90.6 Å². The summed E-state index contributed by atoms with van der Waals surface area (Å²) < 4.78 is 22.3. The summed E-state index contributed by atoms with van der Waals surface area (Å²) in [6, 6.07) is 20.7. The Hall–Kier alpha value is -5.59. The van der Waals surface area contributed by atoms with Gasteiger partial charge in [0.2, 0.25) is 11.8 Å². The first-order valence-corrected chi connectivity index (χ1v) is 16.8. The Kier molecular flexibility index (Phi) is 12.6. The lowest BCUT2D eigenvalue weighted by Crippen LogP contribution is -2.59. The molecule has 0 heterocycles. The van der Waals surface area contributed by atoms with E-state index in [1.165, 1.54) is 14.0 Å². The molecule has 3 aromatic carbocycles. The number of amides is 4. The van der Waals surface area contributed by atoms with Crippen LogP contribution in [0.3, 0.4) is 0 Å². The van der Waals surface area contributed by atoms with E-state index in [1.807, 2.05) is 30.3 Å². The van der Waals surface area contributed by atoms with Gasteiger partial charge >= 0.3 is 18.2 Å². The minimum Gasteiger partial charge on any atom is -0.467 e. The van der Waals surface area contributed by atoms with Gasteiger partial charge in [-0.1, -0.05) is 67.6 Å². The van der Waals surface area contributed by atoms with Crippen molar-refractivity contribution in [3.63, 3.8) is 0 Å². The second kappa shape index (κ2) is 16.9. The highest BCUT2D eigenvalue weighted by Gasteiger charge is 2.45. The van der Waals surface area contributed by atoms with Crippen molar-refractivity contribution < 1.29 is 42.9 Å². The number of fused-ring (bicyclic) bond motifs is 1. The quantitative estimate of drug-likeness (QED) is 0.133. The molecule has 0 saturated carbocycles. The summed E-state index contributed by atoms with van der Waals surface area (Å²) in [6.07, 6.45) is -0.699. The largest absolute Gasteiger partial charge is 0.467 e. The predicted octanol–water partition coefficient (Wildman–Crippen LogP) is 5.49. The summed E-state index contributed by atoms with van der Waals surface area (Å²) in [5, 5.41) is 6.56. The molecule has 0 aliphatic heterocycles. The fourth-order valence-corrected chi connectivity index (χ4v) is 5.62. The van der Waals surface area contributed by atoms with Crippen LogP contribution in [0.5, 0.6) is 11.5 Å². The Bertz CT molecular complexity index is 1720. The van der Waals surface area contributed by atoms with Crippen molar-refractivity contribution in [3.05, 3.63) is 95.1 Å². The fourth-order valence-electron chi connectivity index (χ4n) is 5.62. The topological polar surface area (TPSA) is 162 Å². The molecule has 0 radical (unpaired) electrons. The maximum absolute atomic E-state index is 13.3. The van der Waals surface area contributed by atoms with E-state index in [4.69, 9.17) is 18.9 Å². The number of ether oxygens (including phenoxy) is 4. The van der Waals surface area contributed by atoms with Crippen LogP contribution in [0.2, 0.25) is 0 Å². The van der Waals surface area contributed by atoms with E-state index in [2.05, 4.69) is 16.1 Å². The third kappa shape index (κ3) is 10.2. The summed E-state index contributed by atoms with van der Waals surface area (Å²) in [6.45, 7) is 8.36. The number of para-hydroxylation sites is 1. The molecule has 13 heteroatoms. The molecule has 4 amide bonds. The first-order valence-electron chi connectivity index (χ1n) is 16.8. The Balaban J connectivity index is 1.47. The van der Waals surface area contributed by atoms with Crippen LogP contribution >= 0.6 is 0 Å². The van der Waals surface area contributed by atoms with Gasteiger partial charge in [0.25, 0.3) is 0 Å². The summed E-state index contributed by atoms with van der Waals surface area (Å²) in [5.41, 5.74) is 3.32. The van der Waals surface area contributed by atoms with Gasteiger partial charge < -0.3 is 29.6 Å². The lowest BCUT2D eigenvalue weighted by atomic mass is 9.77. The molecule has 2 atom stereocenters. The normalized spacial score (nSPS) is 15.6. The van der Waals surface area contributed by atoms with Crippen LogP contribution in [-0.4, -0.2) is 59.3 Å². The van der Waals surface area contributed by atoms with Gasteiger partial charge in [0.1, 0.15) is 35.3 Å². The molecule has 0 unspecified atom stereocenters. The maximum atomic E-state index is 13.3. The second-order valence-electron chi connectivity index (χ2n) is 13.2. The highest BCUT2D eigenvalue weighted by molar-refractivity contribution is 5.88. The van der Waals surface area contributed by atoms with Crippen LogP contribution in [0, 0.1) is 0 Å². The Morgan fingerprint density at radius 1 is 0.902 bits per heavy atom. The van der Waals surface area contributed by atoms with Gasteiger partial charge in [-0.2, -0.15) is 0 Å². The number of nitrogens with one attached hydrogen (secondary N) is 3. The number of hydrogen-bond acceptors (Lipinski definition) is 9. The van der Waals surface area contributed by atoms with Crippen LogP contribution in [0.15, 0.2) is 72.8 Å². The number of hydrazine groups is 1. The molecule has 272 valence electrons. The van der Waals surface area contributed by atoms with Crippen molar-refractivity contribution in [1.29, 1.82) is 0 Å². The number of methoxy groups -OCH3 is 1. The van der Waals surface area contributed by atoms with E-state index in [1.54, 1.807) is 70.2 Å². The lowest BCUT2D eigenvalue weighted by molar-refractivity contribution is -0.149. The Morgan fingerprint density at radius 2 is 1.59 bits per heavy atom. The van der Waals surface area contributed by atoms with Crippen molar-refractivity contribution in [3.8, 4) is 11.5 Å². The summed E-state index contributed by atoms with van der Waals surface area (Å²) >= 11 is 0. The minimum absolute atomic E-state index is 0.00720. The van der Waals surface area contributed by atoms with Crippen LogP contribution in [-0.2, 0) is 54.6 Å². The van der Waals surface area contributed by atoms with Crippen LogP contribution < -0.4 is 20.8 Å². The lowest BCUT2D eigenvalue weighted by Gasteiger charge is -2.37. The molecule has 13 nitrogen and oxygen atoms in total. The second-order valence-corrected chi connectivity index (χ2v) is 13.2. The molecule has 51 heavy (non-hydrogen) atoms. The van der Waals surface area contributed by atoms with Gasteiger partial charge in [0.05, 0.1) is 7.11 Å². The predicted molar refractivity (Wildman–Crippen MR) is 187 cm³/mol. The Morgan fingerprint density at radius 3 is 2.27 bits per heavy atom. The van der Waals surface area contributed by atoms with Crippen LogP contribution in [0.1, 0.15) is 69.7 Å². The van der Waals surface area contributed by atoms with Gasteiger partial charge in [-0.3, -0.25) is 9.59 Å². The standard InChI is InChI=1S/C38H46N4O9/c1-7-32(43)42(41-36(47)49-24-26-14-9-8-10-15-26)25(2)33(44)39-23-28-16-11-12-18-30(28)50-31-19-13-17-27-20-21-38(22-29(27)31,34(45)48-6)40-35(46)51-37(3,4)5/h8-19,25H,7,20-24H2,1-6H3,(H,39,44)(H,40,46)(H,41,47)/t25-,38+/m0/s1. The molecular formula is C38H46N4O9. The molecule has 0 spiro atoms. The first kappa shape index (κ1) is 38.2. The van der Waals surface area contributed by atoms with Crippen molar-refractivity contribution in [1.82, 2.24) is 21.1 Å². The SMILES string of the molecule is CCC(=O)N(NC(=O)OCc1ccccc1)[C@@H](C)C(=O)NCc1ccccc1Oc1cccc2c1C[C@@](NC(=O)OC(C)(C)C)(C(=O)OC)CC2. The first-order chi connectivity index (χ1) is 24.2. The fraction of sp³-hybridized carbons (Fsp3) is 0.395. The molecule has 1 aliphatic rings. The van der Waals surface area contributed by atoms with Crippen LogP contribution in [0.4, 0.5) is 9.59 Å². The molecular weight excluding hydrogens is 656 g/mol. The molecule has 0 bridgehead atoms. The number of alkyl carbamates (subject to hydrolysis) is 1. The third-order valence-electron chi connectivity index (χ3n) is 8.25. The highest BCUT2D eigenvalue weighted by Crippen LogP contribution is 2.38. The van der Waals surface area contributed by atoms with Crippen molar-refractivity contribution in [2.24, 2.45) is 0 Å². The van der Waals surface area contributed by atoms with Crippen molar-refractivity contribution in [2.75, 3.05) is 7.11 Å². The Labute approximate surface area is 297 Å². The van der Waals surface area contributed by atoms with E-state index >= 15 is 0 Å². The molecule has 0 saturated heterocycles. The number of carbonyl (C=O) groups excluding carboxylic acids is 5. The summed E-state index contributed by atoms with van der Waals surface area (Å²) in [4.78, 5) is 64.6. The van der Waals surface area contributed by atoms with Gasteiger partial charge in [0, 0.05) is 30.5 Å². The van der Waals surface area contributed by atoms with E-state index in [9.17, 15) is 24.0 Å². The van der Waals surface area contributed by atoms with Gasteiger partial charge in [0.15, 0.2) is 0 Å². The zero-order valence-electron chi connectivity index (χ0n) is 29.9. The molecule has 3 N–H and O–H groups in total. The average Bonchev–Trinajstić information content (AvgIpc) is 3.11. The van der Waals surface area contributed by atoms with Gasteiger partial charge in [-0.05, 0) is 63.8 Å². The van der Waals surface area contributed by atoms with E-state index in [0.717, 1.165) is 21.7 Å². The highest BCUT2D eigenvalue weighted by atomic mass is 16.6. The summed E-state index contributed by atoms with van der Waals surface area (Å²) in [5.74, 6) is -0.686. The van der Waals surface area contributed by atoms with Crippen molar-refractivity contribution >= 4 is 30.0 Å². The molecule has 3 aromatic rings. The van der Waals surface area contributed by atoms with Gasteiger partial charge in [-0.15, -0.1) is 0 Å². The average molecular weight is 703 g/mol. The molecule has 0 fully saturated rings. The van der Waals surface area contributed by atoms with Crippen LogP contribution in [0.25, 0.3) is 0 Å². The number of hydrogen-bond donors (Lipinski definition) is 3. The van der Waals surface area contributed by atoms with E-state index in [0.29, 0.717) is 29.9 Å². The third-order valence-corrected chi connectivity index (χ3v) is 8.25.